The molecule has 0 aromatic carbocycles. The maximum absolute atomic E-state index is 10.7. The summed E-state index contributed by atoms with van der Waals surface area (Å²) in [7, 11) is 0. The highest BCUT2D eigenvalue weighted by Crippen LogP contribution is 2.36. The predicted molar refractivity (Wildman–Crippen MR) is 58.9 cm³/mol. The van der Waals surface area contributed by atoms with E-state index in [9.17, 15) is 10.1 Å². The van der Waals surface area contributed by atoms with Crippen LogP contribution >= 0.6 is 11.6 Å². The molecule has 6 heteroatoms. The molecule has 0 atom stereocenters. The highest BCUT2D eigenvalue weighted by Gasteiger charge is 2.27. The van der Waals surface area contributed by atoms with E-state index in [0.717, 1.165) is 12.8 Å². The van der Waals surface area contributed by atoms with Crippen molar-refractivity contribution >= 4 is 17.3 Å². The lowest BCUT2D eigenvalue weighted by Gasteiger charge is -2.08. The lowest BCUT2D eigenvalue weighted by Crippen LogP contribution is -2.03. The van der Waals surface area contributed by atoms with Gasteiger partial charge in [-0.25, -0.2) is 4.98 Å². The molecule has 1 fully saturated rings. The van der Waals surface area contributed by atoms with Crippen LogP contribution in [0.25, 0.3) is 0 Å². The van der Waals surface area contributed by atoms with E-state index in [1.54, 1.807) is 0 Å². The summed E-state index contributed by atoms with van der Waals surface area (Å²) in [5.41, 5.74) is 0.438. The van der Waals surface area contributed by atoms with Gasteiger partial charge in [-0.3, -0.25) is 10.1 Å². The summed E-state index contributed by atoms with van der Waals surface area (Å²) in [6.45, 7) is 1.81. The third-order valence-corrected chi connectivity index (χ3v) is 2.81. The van der Waals surface area contributed by atoms with Gasteiger partial charge >= 0.3 is 0 Å². The van der Waals surface area contributed by atoms with Gasteiger partial charge in [0.1, 0.15) is 17.3 Å². The molecule has 2 rings (SSSR count). The highest BCUT2D eigenvalue weighted by molar-refractivity contribution is 6.32. The average Bonchev–Trinajstić information content (AvgIpc) is 3.04. The van der Waals surface area contributed by atoms with Crippen molar-refractivity contribution in [2.45, 2.75) is 32.3 Å². The quantitative estimate of drug-likeness (QED) is 0.602. The van der Waals surface area contributed by atoms with E-state index in [0.29, 0.717) is 17.9 Å². The molecular weight excluding hydrogens is 232 g/mol. The van der Waals surface area contributed by atoms with Crippen molar-refractivity contribution in [1.29, 1.82) is 0 Å². The van der Waals surface area contributed by atoms with Crippen LogP contribution in [0.15, 0.2) is 6.20 Å². The Morgan fingerprint density at radius 3 is 2.88 bits per heavy atom. The Labute approximate surface area is 97.5 Å². The molecule has 5 nitrogen and oxygen atoms in total. The minimum Gasteiger partial charge on any atom is -0.473 e. The van der Waals surface area contributed by atoms with E-state index in [2.05, 4.69) is 4.98 Å². The molecule has 0 unspecified atom stereocenters. The molecule has 0 bridgehead atoms. The fourth-order valence-corrected chi connectivity index (χ4v) is 1.74. The zero-order valence-electron chi connectivity index (χ0n) is 8.77. The average molecular weight is 243 g/mol. The van der Waals surface area contributed by atoms with Crippen LogP contribution in [-0.4, -0.2) is 16.0 Å². The number of nitro groups is 1. The lowest BCUT2D eigenvalue weighted by molar-refractivity contribution is -0.385. The van der Waals surface area contributed by atoms with Gasteiger partial charge in [0.05, 0.1) is 10.5 Å². The van der Waals surface area contributed by atoms with Crippen LogP contribution in [0.1, 0.15) is 25.3 Å². The van der Waals surface area contributed by atoms with E-state index < -0.39 is 4.92 Å². The highest BCUT2D eigenvalue weighted by atomic mass is 35.5. The summed E-state index contributed by atoms with van der Waals surface area (Å²) in [6.07, 6.45) is 3.87. The van der Waals surface area contributed by atoms with Gasteiger partial charge in [0.25, 0.3) is 5.69 Å². The van der Waals surface area contributed by atoms with Gasteiger partial charge in [-0.1, -0.05) is 18.5 Å². The van der Waals surface area contributed by atoms with Crippen LogP contribution in [0, 0.1) is 10.1 Å². The van der Waals surface area contributed by atoms with Crippen LogP contribution in [0.5, 0.6) is 5.88 Å². The van der Waals surface area contributed by atoms with Gasteiger partial charge in [-0.15, -0.1) is 0 Å². The number of pyridine rings is 1. The first-order chi connectivity index (χ1) is 7.63. The molecule has 0 aliphatic heterocycles. The summed E-state index contributed by atoms with van der Waals surface area (Å²) >= 11 is 6.04. The second-order valence-electron chi connectivity index (χ2n) is 3.67. The van der Waals surface area contributed by atoms with Gasteiger partial charge < -0.3 is 4.74 Å². The normalized spacial score (nSPS) is 14.9. The number of ether oxygens (including phenoxy) is 1. The van der Waals surface area contributed by atoms with E-state index in [1.165, 1.54) is 6.20 Å². The molecule has 16 heavy (non-hydrogen) atoms. The van der Waals surface area contributed by atoms with Crippen molar-refractivity contribution in [3.05, 3.63) is 26.9 Å². The Kier molecular flexibility index (Phi) is 2.96. The van der Waals surface area contributed by atoms with Crippen molar-refractivity contribution in [3.63, 3.8) is 0 Å². The molecule has 1 aliphatic carbocycles. The van der Waals surface area contributed by atoms with Crippen LogP contribution in [0.3, 0.4) is 0 Å². The van der Waals surface area contributed by atoms with Gasteiger partial charge in [0.2, 0.25) is 5.88 Å². The summed E-state index contributed by atoms with van der Waals surface area (Å²) in [5, 5.41) is 11.0. The monoisotopic (exact) mass is 242 g/mol. The molecule has 0 radical (unpaired) electrons. The van der Waals surface area contributed by atoms with Crippen LogP contribution < -0.4 is 4.74 Å². The Morgan fingerprint density at radius 2 is 2.38 bits per heavy atom. The smallest absolute Gasteiger partial charge is 0.292 e. The molecule has 0 saturated heterocycles. The molecule has 0 amide bonds. The summed E-state index contributed by atoms with van der Waals surface area (Å²) in [6, 6.07) is 0. The van der Waals surface area contributed by atoms with Crippen LogP contribution in [0.2, 0.25) is 5.02 Å². The number of nitrogens with zero attached hydrogens (tertiary/aromatic N) is 2. The Balaban J connectivity index is 2.38. The first-order valence-corrected chi connectivity index (χ1v) is 5.49. The maximum Gasteiger partial charge on any atom is 0.292 e. The minimum absolute atomic E-state index is 0.0457. The predicted octanol–water partition coefficient (Wildman–Crippen LogP) is 2.75. The second-order valence-corrected chi connectivity index (χ2v) is 4.05. The van der Waals surface area contributed by atoms with Crippen LogP contribution in [-0.2, 0) is 6.42 Å². The van der Waals surface area contributed by atoms with Crippen molar-refractivity contribution in [2.24, 2.45) is 0 Å². The first kappa shape index (κ1) is 11.1. The number of hydrogen-bond donors (Lipinski definition) is 0. The fourth-order valence-electron chi connectivity index (χ4n) is 1.42. The summed E-state index contributed by atoms with van der Waals surface area (Å²) in [4.78, 5) is 14.2. The second kappa shape index (κ2) is 4.25. The molecule has 1 aromatic rings. The van der Waals surface area contributed by atoms with Crippen molar-refractivity contribution in [2.75, 3.05) is 0 Å². The number of aromatic nitrogens is 1. The van der Waals surface area contributed by atoms with Gasteiger partial charge in [-0.2, -0.15) is 0 Å². The minimum atomic E-state index is -0.474. The van der Waals surface area contributed by atoms with E-state index in [-0.39, 0.29) is 16.8 Å². The molecule has 1 saturated carbocycles. The third-order valence-electron chi connectivity index (χ3n) is 2.42. The Morgan fingerprint density at radius 1 is 1.69 bits per heavy atom. The molecule has 0 N–H and O–H groups in total. The SMILES string of the molecule is CCc1c([N+](=O)[O-])cnc(OC2CC2)c1Cl. The molecule has 86 valence electrons. The molecule has 1 aliphatic rings. The zero-order valence-corrected chi connectivity index (χ0v) is 9.53. The number of hydrogen-bond acceptors (Lipinski definition) is 4. The number of rotatable bonds is 4. The van der Waals surface area contributed by atoms with E-state index >= 15 is 0 Å². The zero-order chi connectivity index (χ0) is 11.7. The topological polar surface area (TPSA) is 65.3 Å². The third kappa shape index (κ3) is 2.09. The Hall–Kier alpha value is -1.36. The molecular formula is C10H11ClN2O3. The van der Waals surface area contributed by atoms with Crippen molar-refractivity contribution < 1.29 is 9.66 Å². The summed E-state index contributed by atoms with van der Waals surface area (Å²) < 4.78 is 5.47. The Bertz CT molecular complexity index is 432. The van der Waals surface area contributed by atoms with E-state index in [4.69, 9.17) is 16.3 Å². The lowest BCUT2D eigenvalue weighted by atomic mass is 10.2. The van der Waals surface area contributed by atoms with Gasteiger partial charge in [0.15, 0.2) is 0 Å². The molecule has 0 spiro atoms. The molecule has 1 aromatic heterocycles. The molecule has 1 heterocycles. The largest absolute Gasteiger partial charge is 0.473 e. The van der Waals surface area contributed by atoms with E-state index in [1.807, 2.05) is 6.92 Å². The first-order valence-electron chi connectivity index (χ1n) is 5.12. The summed E-state index contributed by atoms with van der Waals surface area (Å²) in [5.74, 6) is 0.312. The van der Waals surface area contributed by atoms with Crippen molar-refractivity contribution in [3.8, 4) is 5.88 Å². The standard InChI is InChI=1S/C10H11ClN2O3/c1-2-7-8(13(14)15)5-12-10(9(7)11)16-6-3-4-6/h5-6H,2-4H2,1H3. The van der Waals surface area contributed by atoms with Crippen LogP contribution in [0.4, 0.5) is 5.69 Å². The fraction of sp³-hybridized carbons (Fsp3) is 0.500. The van der Waals surface area contributed by atoms with Crippen molar-refractivity contribution in [1.82, 2.24) is 4.98 Å². The maximum atomic E-state index is 10.7. The van der Waals surface area contributed by atoms with Gasteiger partial charge in [0, 0.05) is 0 Å². The number of halogens is 1. The van der Waals surface area contributed by atoms with Gasteiger partial charge in [-0.05, 0) is 19.3 Å².